The van der Waals surface area contributed by atoms with Crippen LogP contribution in [0, 0.1) is 5.92 Å². The second-order valence-corrected chi connectivity index (χ2v) is 5.43. The second-order valence-electron chi connectivity index (χ2n) is 5.43. The third-order valence-corrected chi connectivity index (χ3v) is 4.00. The highest BCUT2D eigenvalue weighted by atomic mass is 16.1. The van der Waals surface area contributed by atoms with Crippen molar-refractivity contribution in [2.75, 3.05) is 19.6 Å². The molecule has 4 heteroatoms. The van der Waals surface area contributed by atoms with E-state index in [4.69, 9.17) is 0 Å². The Hall–Kier alpha value is -1.94. The van der Waals surface area contributed by atoms with E-state index in [-0.39, 0.29) is 5.91 Å². The molecule has 0 radical (unpaired) electrons. The van der Waals surface area contributed by atoms with Gasteiger partial charge in [-0.15, -0.1) is 0 Å². The van der Waals surface area contributed by atoms with Crippen LogP contribution in [0.4, 0.5) is 0 Å². The number of hydrogen-bond acceptors (Lipinski definition) is 3. The van der Waals surface area contributed by atoms with Crippen molar-refractivity contribution in [2.45, 2.75) is 12.5 Å². The standard InChI is InChI=1S/C16H19N3O/c20-16(18-15-12-19-9-7-14(15)11-19)10-17-8-6-13-4-2-1-3-5-13/h1-6,8,10,14-15H,7,9,11-12H2,(H,18,20). The summed E-state index contributed by atoms with van der Waals surface area (Å²) < 4.78 is 0. The Morgan fingerprint density at radius 3 is 2.85 bits per heavy atom. The minimum atomic E-state index is -0.0959. The summed E-state index contributed by atoms with van der Waals surface area (Å²) in [6, 6.07) is 10.2. The van der Waals surface area contributed by atoms with Gasteiger partial charge in [0.25, 0.3) is 5.91 Å². The summed E-state index contributed by atoms with van der Waals surface area (Å²) in [7, 11) is 0. The monoisotopic (exact) mass is 269 g/mol. The fourth-order valence-corrected chi connectivity index (χ4v) is 2.97. The number of carbonyl (C=O) groups is 1. The van der Waals surface area contributed by atoms with Gasteiger partial charge >= 0.3 is 0 Å². The fourth-order valence-electron chi connectivity index (χ4n) is 2.97. The van der Waals surface area contributed by atoms with E-state index < -0.39 is 0 Å². The molecule has 20 heavy (non-hydrogen) atoms. The van der Waals surface area contributed by atoms with Gasteiger partial charge in [-0.05, 0) is 30.5 Å². The average Bonchev–Trinajstić information content (AvgIpc) is 3.07. The Morgan fingerprint density at radius 2 is 2.15 bits per heavy atom. The van der Waals surface area contributed by atoms with E-state index in [1.165, 1.54) is 19.2 Å². The van der Waals surface area contributed by atoms with Crippen LogP contribution in [0.25, 0.3) is 6.08 Å². The summed E-state index contributed by atoms with van der Waals surface area (Å²) in [6.07, 6.45) is 6.10. The van der Waals surface area contributed by atoms with Gasteiger partial charge in [0.2, 0.25) is 0 Å². The second kappa shape index (κ2) is 6.01. The van der Waals surface area contributed by atoms with Gasteiger partial charge in [0.15, 0.2) is 0 Å². The predicted molar refractivity (Wildman–Crippen MR) is 80.4 cm³/mol. The number of amides is 1. The molecule has 3 unspecified atom stereocenters. The summed E-state index contributed by atoms with van der Waals surface area (Å²) in [6.45, 7) is 3.31. The average molecular weight is 269 g/mol. The number of nitrogens with one attached hydrogen (secondary N) is 1. The van der Waals surface area contributed by atoms with Gasteiger partial charge in [-0.25, -0.2) is 0 Å². The van der Waals surface area contributed by atoms with E-state index in [9.17, 15) is 4.79 Å². The van der Waals surface area contributed by atoms with Crippen LogP contribution in [0.15, 0.2) is 41.5 Å². The van der Waals surface area contributed by atoms with Crippen LogP contribution < -0.4 is 5.32 Å². The van der Waals surface area contributed by atoms with Crippen molar-refractivity contribution in [3.63, 3.8) is 0 Å². The normalized spacial score (nSPS) is 28.5. The quantitative estimate of drug-likeness (QED) is 0.843. The number of benzene rings is 1. The van der Waals surface area contributed by atoms with Crippen molar-refractivity contribution >= 4 is 18.2 Å². The van der Waals surface area contributed by atoms with Gasteiger partial charge in [0.05, 0.1) is 6.21 Å². The van der Waals surface area contributed by atoms with Crippen molar-refractivity contribution in [2.24, 2.45) is 10.9 Å². The number of hydrogen-bond donors (Lipinski definition) is 1. The van der Waals surface area contributed by atoms with E-state index in [0.717, 1.165) is 18.7 Å². The molecule has 2 aliphatic heterocycles. The number of carbonyl (C=O) groups excluding carboxylic acids is 1. The van der Waals surface area contributed by atoms with Crippen molar-refractivity contribution < 1.29 is 4.79 Å². The Kier molecular flexibility index (Phi) is 3.92. The topological polar surface area (TPSA) is 44.7 Å². The molecule has 2 bridgehead atoms. The number of piperidine rings is 1. The number of rotatable bonds is 4. The minimum absolute atomic E-state index is 0.0959. The van der Waals surface area contributed by atoms with Crippen LogP contribution in [-0.2, 0) is 4.79 Å². The minimum Gasteiger partial charge on any atom is -0.347 e. The number of nitrogens with zero attached hydrogens (tertiary/aromatic N) is 2. The third-order valence-electron chi connectivity index (χ3n) is 4.00. The van der Waals surface area contributed by atoms with Gasteiger partial charge < -0.3 is 10.2 Å². The first-order valence-electron chi connectivity index (χ1n) is 7.09. The lowest BCUT2D eigenvalue weighted by molar-refractivity contribution is -0.115. The van der Waals surface area contributed by atoms with E-state index >= 15 is 0 Å². The van der Waals surface area contributed by atoms with Crippen LogP contribution in [0.5, 0.6) is 0 Å². The Bertz CT molecular complexity index is 524. The zero-order valence-electron chi connectivity index (χ0n) is 11.4. The molecule has 4 nitrogen and oxygen atoms in total. The highest BCUT2D eigenvalue weighted by Gasteiger charge is 2.38. The van der Waals surface area contributed by atoms with Gasteiger partial charge in [-0.1, -0.05) is 30.3 Å². The SMILES string of the molecule is O=C(C=NC=Cc1ccccc1)NC1CN2CCC1C2. The molecule has 1 N–H and O–H groups in total. The first-order chi connectivity index (χ1) is 9.81. The largest absolute Gasteiger partial charge is 0.347 e. The van der Waals surface area contributed by atoms with Crippen molar-refractivity contribution in [3.05, 3.63) is 42.1 Å². The highest BCUT2D eigenvalue weighted by molar-refractivity contribution is 6.26. The predicted octanol–water partition coefficient (Wildman–Crippen LogP) is 1.55. The van der Waals surface area contributed by atoms with E-state index in [2.05, 4.69) is 15.2 Å². The molecule has 2 heterocycles. The van der Waals surface area contributed by atoms with Crippen LogP contribution in [-0.4, -0.2) is 42.7 Å². The first-order valence-corrected chi connectivity index (χ1v) is 7.09. The molecule has 104 valence electrons. The lowest BCUT2D eigenvalue weighted by Gasteiger charge is -2.22. The van der Waals surface area contributed by atoms with Crippen LogP contribution >= 0.6 is 0 Å². The third kappa shape index (κ3) is 3.14. The van der Waals surface area contributed by atoms with Crippen molar-refractivity contribution in [1.29, 1.82) is 0 Å². The molecule has 1 aromatic carbocycles. The van der Waals surface area contributed by atoms with Crippen LogP contribution in [0.2, 0.25) is 0 Å². The van der Waals surface area contributed by atoms with Gasteiger partial charge in [-0.2, -0.15) is 0 Å². The Morgan fingerprint density at radius 1 is 1.30 bits per heavy atom. The summed E-state index contributed by atoms with van der Waals surface area (Å²) in [5.74, 6) is 0.536. The van der Waals surface area contributed by atoms with Gasteiger partial charge in [0, 0.05) is 25.3 Å². The number of aliphatic imine (C=N–C) groups is 1. The summed E-state index contributed by atoms with van der Waals surface area (Å²) >= 11 is 0. The van der Waals surface area contributed by atoms with Crippen molar-refractivity contribution in [1.82, 2.24) is 10.2 Å². The molecule has 2 fully saturated rings. The molecule has 3 rings (SSSR count). The first kappa shape index (κ1) is 13.1. The number of fused-ring (bicyclic) bond motifs is 2. The zero-order valence-corrected chi connectivity index (χ0v) is 11.4. The molecule has 0 spiro atoms. The van der Waals surface area contributed by atoms with E-state index in [1.54, 1.807) is 6.20 Å². The molecule has 0 aliphatic carbocycles. The maximum absolute atomic E-state index is 11.8. The summed E-state index contributed by atoms with van der Waals surface area (Å²) in [5.41, 5.74) is 1.07. The van der Waals surface area contributed by atoms with Gasteiger partial charge in [-0.3, -0.25) is 9.79 Å². The molecule has 1 aromatic rings. The maximum atomic E-state index is 11.8. The molecule has 0 aromatic heterocycles. The van der Waals surface area contributed by atoms with Gasteiger partial charge in [0.1, 0.15) is 0 Å². The summed E-state index contributed by atoms with van der Waals surface area (Å²) in [4.78, 5) is 18.2. The van der Waals surface area contributed by atoms with E-state index in [0.29, 0.717) is 12.0 Å². The molecule has 2 aliphatic rings. The van der Waals surface area contributed by atoms with Crippen LogP contribution in [0.1, 0.15) is 12.0 Å². The zero-order chi connectivity index (χ0) is 13.8. The van der Waals surface area contributed by atoms with Crippen LogP contribution in [0.3, 0.4) is 0 Å². The molecule has 0 saturated carbocycles. The summed E-state index contributed by atoms with van der Waals surface area (Å²) in [5, 5.41) is 3.05. The highest BCUT2D eigenvalue weighted by Crippen LogP contribution is 2.27. The smallest absolute Gasteiger partial charge is 0.262 e. The molecule has 3 atom stereocenters. The lowest BCUT2D eigenvalue weighted by atomic mass is 10.0. The fraction of sp³-hybridized carbons (Fsp3) is 0.375. The van der Waals surface area contributed by atoms with E-state index in [1.807, 2.05) is 36.4 Å². The lowest BCUT2D eigenvalue weighted by Crippen LogP contribution is -2.43. The molecular weight excluding hydrogens is 250 g/mol. The Labute approximate surface area is 119 Å². The maximum Gasteiger partial charge on any atom is 0.262 e. The molecular formula is C16H19N3O. The Balaban J connectivity index is 1.47. The van der Waals surface area contributed by atoms with Crippen molar-refractivity contribution in [3.8, 4) is 0 Å². The molecule has 1 amide bonds. The molecule has 2 saturated heterocycles.